The summed E-state index contributed by atoms with van der Waals surface area (Å²) in [5.41, 5.74) is 2.28. The second-order valence-electron chi connectivity index (χ2n) is 4.22. The Bertz CT molecular complexity index is 582. The molecule has 0 bridgehead atoms. The molecule has 2 aromatic carbocycles. The van der Waals surface area contributed by atoms with Crippen molar-refractivity contribution >= 4 is 37.5 Å². The normalized spacial score (nSPS) is 10.1. The highest BCUT2D eigenvalue weighted by atomic mass is 79.9. The van der Waals surface area contributed by atoms with Gasteiger partial charge in [0.15, 0.2) is 0 Å². The molecule has 0 fully saturated rings. The molecule has 0 atom stereocenters. The van der Waals surface area contributed by atoms with Gasteiger partial charge in [-0.15, -0.1) is 0 Å². The molecule has 0 aromatic heterocycles. The van der Waals surface area contributed by atoms with Crippen LogP contribution in [0.3, 0.4) is 0 Å². The van der Waals surface area contributed by atoms with E-state index < -0.39 is 0 Å². The van der Waals surface area contributed by atoms with Crippen molar-refractivity contribution in [1.82, 2.24) is 0 Å². The van der Waals surface area contributed by atoms with Crippen molar-refractivity contribution in [3.63, 3.8) is 0 Å². The molecule has 0 saturated heterocycles. The molecule has 0 radical (unpaired) electrons. The molecule has 0 saturated carbocycles. The highest BCUT2D eigenvalue weighted by Crippen LogP contribution is 2.26. The molecule has 0 aliphatic rings. The molecule has 2 aromatic rings. The maximum atomic E-state index is 5.53. The van der Waals surface area contributed by atoms with Gasteiger partial charge >= 0.3 is 0 Å². The molecule has 0 amide bonds. The van der Waals surface area contributed by atoms with Crippen LogP contribution in [-0.2, 0) is 6.54 Å². The summed E-state index contributed by atoms with van der Waals surface area (Å²) in [6.45, 7) is 4.91. The summed E-state index contributed by atoms with van der Waals surface area (Å²) in [7, 11) is 0. The van der Waals surface area contributed by atoms with E-state index in [4.69, 9.17) is 4.74 Å². The van der Waals surface area contributed by atoms with E-state index in [1.165, 1.54) is 5.56 Å². The van der Waals surface area contributed by atoms with Crippen LogP contribution in [0.4, 0.5) is 5.69 Å². The van der Waals surface area contributed by atoms with Crippen LogP contribution in [0.2, 0.25) is 0 Å². The smallest absolute Gasteiger partial charge is 0.133 e. The quantitative estimate of drug-likeness (QED) is 0.661. The zero-order chi connectivity index (χ0) is 14.4. The average molecular weight is 397 g/mol. The number of ether oxygens (including phenoxy) is 1. The Morgan fingerprint density at radius 3 is 2.50 bits per heavy atom. The zero-order valence-corrected chi connectivity index (χ0v) is 14.1. The van der Waals surface area contributed by atoms with Crippen LogP contribution in [0.15, 0.2) is 64.1 Å². The third kappa shape index (κ3) is 4.39. The summed E-state index contributed by atoms with van der Waals surface area (Å²) < 4.78 is 7.56. The van der Waals surface area contributed by atoms with Crippen molar-refractivity contribution in [3.8, 4) is 5.75 Å². The molecule has 2 rings (SSSR count). The van der Waals surface area contributed by atoms with Gasteiger partial charge in [-0.1, -0.05) is 34.7 Å². The van der Waals surface area contributed by atoms with Crippen LogP contribution in [0.1, 0.15) is 5.56 Å². The van der Waals surface area contributed by atoms with Crippen molar-refractivity contribution in [1.29, 1.82) is 0 Å². The van der Waals surface area contributed by atoms with Crippen molar-refractivity contribution in [2.24, 2.45) is 0 Å². The van der Waals surface area contributed by atoms with Gasteiger partial charge in [0.2, 0.25) is 0 Å². The summed E-state index contributed by atoms with van der Waals surface area (Å²) in [6, 6.07) is 14.2. The second-order valence-corrected chi connectivity index (χ2v) is 5.99. The third-order valence-corrected chi connectivity index (χ3v) is 3.84. The molecule has 104 valence electrons. The minimum atomic E-state index is 0.509. The number of nitrogens with one attached hydrogen (secondary N) is 1. The predicted molar refractivity (Wildman–Crippen MR) is 91.3 cm³/mol. The highest BCUT2D eigenvalue weighted by molar-refractivity contribution is 9.10. The molecule has 0 spiro atoms. The lowest BCUT2D eigenvalue weighted by molar-refractivity contribution is 0.361. The van der Waals surface area contributed by atoms with Crippen LogP contribution < -0.4 is 10.1 Å². The number of hydrogen-bond donors (Lipinski definition) is 1. The Morgan fingerprint density at radius 2 is 1.85 bits per heavy atom. The van der Waals surface area contributed by atoms with E-state index in [0.717, 1.165) is 26.9 Å². The lowest BCUT2D eigenvalue weighted by Crippen LogP contribution is -2.00. The van der Waals surface area contributed by atoms with Gasteiger partial charge in [0.05, 0.1) is 4.47 Å². The summed E-state index contributed by atoms with van der Waals surface area (Å²) in [4.78, 5) is 0. The minimum Gasteiger partial charge on any atom is -0.488 e. The van der Waals surface area contributed by atoms with E-state index in [9.17, 15) is 0 Å². The van der Waals surface area contributed by atoms with E-state index >= 15 is 0 Å². The third-order valence-electron chi connectivity index (χ3n) is 2.69. The Morgan fingerprint density at radius 1 is 1.10 bits per heavy atom. The van der Waals surface area contributed by atoms with Gasteiger partial charge in [-0.3, -0.25) is 0 Å². The largest absolute Gasteiger partial charge is 0.488 e. The monoisotopic (exact) mass is 395 g/mol. The van der Waals surface area contributed by atoms with E-state index in [2.05, 4.69) is 55.9 Å². The fraction of sp³-hybridized carbons (Fsp3) is 0.125. The summed E-state index contributed by atoms with van der Waals surface area (Å²) in [6.07, 6.45) is 1.73. The first-order chi connectivity index (χ1) is 9.69. The van der Waals surface area contributed by atoms with E-state index in [1.54, 1.807) is 6.08 Å². The van der Waals surface area contributed by atoms with Crippen LogP contribution in [0.25, 0.3) is 0 Å². The fourth-order valence-corrected chi connectivity index (χ4v) is 2.50. The molecule has 2 nitrogen and oxygen atoms in total. The SMILES string of the molecule is C=CCOc1ccc(CNc2ccc(Br)cc2)cc1Br. The predicted octanol–water partition coefficient (Wildman–Crippen LogP) is 5.39. The first-order valence-corrected chi connectivity index (χ1v) is 7.79. The van der Waals surface area contributed by atoms with Gasteiger partial charge in [-0.05, 0) is 57.9 Å². The van der Waals surface area contributed by atoms with E-state index in [-0.39, 0.29) is 0 Å². The zero-order valence-electron chi connectivity index (χ0n) is 10.9. The number of anilines is 1. The lowest BCUT2D eigenvalue weighted by atomic mass is 10.2. The number of benzene rings is 2. The summed E-state index contributed by atoms with van der Waals surface area (Å²) in [5, 5.41) is 3.38. The first kappa shape index (κ1) is 15.1. The first-order valence-electron chi connectivity index (χ1n) is 6.20. The standard InChI is InChI=1S/C16H15Br2NO/c1-2-9-20-16-8-3-12(10-15(16)18)11-19-14-6-4-13(17)5-7-14/h2-8,10,19H,1,9,11H2. The average Bonchev–Trinajstić information content (AvgIpc) is 2.46. The number of rotatable bonds is 6. The molecule has 0 aliphatic carbocycles. The Kier molecular flexibility index (Phi) is 5.68. The van der Waals surface area contributed by atoms with Gasteiger partial charge in [0.25, 0.3) is 0 Å². The summed E-state index contributed by atoms with van der Waals surface area (Å²) in [5.74, 6) is 0.831. The highest BCUT2D eigenvalue weighted by Gasteiger charge is 2.02. The molecular formula is C16H15Br2NO. The van der Waals surface area contributed by atoms with Crippen molar-refractivity contribution < 1.29 is 4.74 Å². The van der Waals surface area contributed by atoms with E-state index in [0.29, 0.717) is 6.61 Å². The van der Waals surface area contributed by atoms with Gasteiger partial charge in [0, 0.05) is 16.7 Å². The van der Waals surface area contributed by atoms with Crippen molar-refractivity contribution in [3.05, 3.63) is 69.6 Å². The maximum absolute atomic E-state index is 5.53. The number of hydrogen-bond acceptors (Lipinski definition) is 2. The molecule has 0 heterocycles. The Balaban J connectivity index is 1.97. The Hall–Kier alpha value is -1.26. The van der Waals surface area contributed by atoms with Crippen LogP contribution >= 0.6 is 31.9 Å². The molecule has 1 N–H and O–H groups in total. The molecule has 20 heavy (non-hydrogen) atoms. The van der Waals surface area contributed by atoms with Crippen molar-refractivity contribution in [2.75, 3.05) is 11.9 Å². The Labute approximate surface area is 136 Å². The second kappa shape index (κ2) is 7.50. The molecule has 0 unspecified atom stereocenters. The fourth-order valence-electron chi connectivity index (χ4n) is 1.69. The van der Waals surface area contributed by atoms with Crippen LogP contribution in [0, 0.1) is 0 Å². The lowest BCUT2D eigenvalue weighted by Gasteiger charge is -2.10. The molecule has 4 heteroatoms. The molecule has 0 aliphatic heterocycles. The van der Waals surface area contributed by atoms with E-state index in [1.807, 2.05) is 30.3 Å². The van der Waals surface area contributed by atoms with Gasteiger partial charge in [-0.2, -0.15) is 0 Å². The van der Waals surface area contributed by atoms with Crippen LogP contribution in [0.5, 0.6) is 5.75 Å². The topological polar surface area (TPSA) is 21.3 Å². The van der Waals surface area contributed by atoms with Crippen molar-refractivity contribution in [2.45, 2.75) is 6.54 Å². The van der Waals surface area contributed by atoms with Crippen LogP contribution in [-0.4, -0.2) is 6.61 Å². The van der Waals surface area contributed by atoms with Gasteiger partial charge in [0.1, 0.15) is 12.4 Å². The minimum absolute atomic E-state index is 0.509. The summed E-state index contributed by atoms with van der Waals surface area (Å²) >= 11 is 6.94. The van der Waals surface area contributed by atoms with Gasteiger partial charge in [-0.25, -0.2) is 0 Å². The van der Waals surface area contributed by atoms with Gasteiger partial charge < -0.3 is 10.1 Å². The maximum Gasteiger partial charge on any atom is 0.133 e. The number of halogens is 2. The molecular weight excluding hydrogens is 382 g/mol.